The Morgan fingerprint density at radius 1 is 1.02 bits per heavy atom. The van der Waals surface area contributed by atoms with Gasteiger partial charge in [0.25, 0.3) is 0 Å². The number of hydrogen-bond acceptors (Lipinski definition) is 3. The summed E-state index contributed by atoms with van der Waals surface area (Å²) in [4.78, 5) is 28.8. The number of likely N-dealkylation sites (tertiary alicyclic amines) is 1. The number of piperidine rings is 1. The normalized spacial score (nSPS) is 29.5. The van der Waals surface area contributed by atoms with E-state index in [0.29, 0.717) is 29.3 Å². The zero-order valence-electron chi connectivity index (χ0n) is 23.5. The highest BCUT2D eigenvalue weighted by Gasteiger charge is 2.52. The van der Waals surface area contributed by atoms with Crippen LogP contribution < -0.4 is 10.6 Å². The van der Waals surface area contributed by atoms with Gasteiger partial charge in [0.1, 0.15) is 5.82 Å². The van der Waals surface area contributed by atoms with Crippen LogP contribution in [0.25, 0.3) is 0 Å². The fourth-order valence-electron chi connectivity index (χ4n) is 7.79. The van der Waals surface area contributed by atoms with Crippen LogP contribution in [0.3, 0.4) is 0 Å². The zero-order chi connectivity index (χ0) is 28.4. The highest BCUT2D eigenvalue weighted by molar-refractivity contribution is 6.42. The van der Waals surface area contributed by atoms with Gasteiger partial charge in [0.2, 0.25) is 11.8 Å². The number of allylic oxidation sites excluding steroid dienone is 2. The zero-order valence-corrected chi connectivity index (χ0v) is 25.0. The van der Waals surface area contributed by atoms with Crippen LogP contribution in [0, 0.1) is 29.0 Å². The molecule has 40 heavy (non-hydrogen) atoms. The molecular weight excluding hydrogens is 548 g/mol. The van der Waals surface area contributed by atoms with E-state index < -0.39 is 11.9 Å². The second kappa shape index (κ2) is 12.4. The fourth-order valence-corrected chi connectivity index (χ4v) is 8.21. The number of hydrogen-bond donors (Lipinski definition) is 2. The molecule has 5 nitrogen and oxygen atoms in total. The Morgan fingerprint density at radius 2 is 1.68 bits per heavy atom. The Bertz CT molecular complexity index is 1150. The SMILES string of the molecule is C=C(/C=C\C)N1CCC(C(=O)NC2CCC(C(=O)N[C@H](c3c(F)ccc(Cl)c3Cl)C34CCC(CC3)C4)CC2)CC1. The first-order valence-electron chi connectivity index (χ1n) is 15.0. The average molecular weight is 591 g/mol. The van der Waals surface area contributed by atoms with Crippen LogP contribution in [-0.4, -0.2) is 35.8 Å². The first-order chi connectivity index (χ1) is 19.2. The number of amides is 2. The van der Waals surface area contributed by atoms with Gasteiger partial charge in [0.05, 0.1) is 16.1 Å². The molecule has 1 saturated heterocycles. The molecule has 3 aliphatic carbocycles. The number of fused-ring (bicyclic) bond motifs is 2. The molecule has 1 aromatic carbocycles. The van der Waals surface area contributed by atoms with E-state index in [1.165, 1.54) is 12.1 Å². The van der Waals surface area contributed by atoms with Crippen LogP contribution >= 0.6 is 23.2 Å². The van der Waals surface area contributed by atoms with Crippen molar-refractivity contribution in [3.05, 3.63) is 58.0 Å². The predicted molar refractivity (Wildman–Crippen MR) is 158 cm³/mol. The van der Waals surface area contributed by atoms with Gasteiger partial charge < -0.3 is 15.5 Å². The second-order valence-corrected chi connectivity index (χ2v) is 13.3. The van der Waals surface area contributed by atoms with E-state index in [2.05, 4.69) is 22.1 Å². The van der Waals surface area contributed by atoms with Crippen molar-refractivity contribution in [2.45, 2.75) is 89.6 Å². The Balaban J connectivity index is 1.17. The topological polar surface area (TPSA) is 61.4 Å². The number of halogens is 3. The summed E-state index contributed by atoms with van der Waals surface area (Å²) in [5.74, 6) is 0.184. The van der Waals surface area contributed by atoms with Gasteiger partial charge >= 0.3 is 0 Å². The molecule has 1 aliphatic heterocycles. The van der Waals surface area contributed by atoms with Crippen LogP contribution in [0.15, 0.2) is 36.6 Å². The lowest BCUT2D eigenvalue weighted by atomic mass is 9.73. The summed E-state index contributed by atoms with van der Waals surface area (Å²) < 4.78 is 15.2. The number of rotatable bonds is 8. The monoisotopic (exact) mass is 589 g/mol. The van der Waals surface area contributed by atoms with E-state index in [-0.39, 0.29) is 40.1 Å². The molecule has 0 unspecified atom stereocenters. The molecule has 2 N–H and O–H groups in total. The van der Waals surface area contributed by atoms with E-state index in [4.69, 9.17) is 23.2 Å². The summed E-state index contributed by atoms with van der Waals surface area (Å²) in [5.41, 5.74) is 1.17. The average Bonchev–Trinajstić information content (AvgIpc) is 3.58. The van der Waals surface area contributed by atoms with Crippen LogP contribution in [0.4, 0.5) is 4.39 Å². The molecule has 4 fully saturated rings. The summed E-state index contributed by atoms with van der Waals surface area (Å²) in [5, 5.41) is 7.06. The lowest BCUT2D eigenvalue weighted by Gasteiger charge is -2.39. The number of benzene rings is 1. The number of nitrogens with one attached hydrogen (secondary N) is 2. The summed E-state index contributed by atoms with van der Waals surface area (Å²) in [6.45, 7) is 7.77. The fraction of sp³-hybridized carbons (Fsp3) is 0.625. The van der Waals surface area contributed by atoms with Gasteiger partial charge in [-0.1, -0.05) is 35.9 Å². The van der Waals surface area contributed by atoms with Crippen molar-refractivity contribution < 1.29 is 14.0 Å². The van der Waals surface area contributed by atoms with Crippen molar-refractivity contribution in [3.8, 4) is 0 Å². The summed E-state index contributed by atoms with van der Waals surface area (Å²) >= 11 is 12.9. The number of nitrogens with zero attached hydrogens (tertiary/aromatic N) is 1. The van der Waals surface area contributed by atoms with Crippen molar-refractivity contribution in [2.24, 2.45) is 23.2 Å². The maximum Gasteiger partial charge on any atom is 0.223 e. The van der Waals surface area contributed by atoms with Gasteiger partial charge in [-0.05, 0) is 107 Å². The largest absolute Gasteiger partial charge is 0.372 e. The Hall–Kier alpha value is -2.05. The van der Waals surface area contributed by atoms with Crippen molar-refractivity contribution in [1.29, 1.82) is 0 Å². The minimum atomic E-state index is -0.481. The standard InChI is InChI=1S/C32H42Cl2FN3O2/c1-3-4-20(2)38-17-13-23(14-18-38)30(39)36-24-7-5-22(6-8-24)31(40)37-29(32-15-11-21(19-32)12-16-32)27-26(35)10-9-25(33)28(27)34/h3-4,9-10,21-24,29H,2,5-8,11-19H2,1H3,(H,36,39)(H,37,40)/b4-3-/t21?,22?,24?,29-,32?/m1/s1. The maximum absolute atomic E-state index is 15.2. The van der Waals surface area contributed by atoms with Crippen molar-refractivity contribution in [3.63, 3.8) is 0 Å². The van der Waals surface area contributed by atoms with Gasteiger partial charge in [-0.15, -0.1) is 0 Å². The minimum Gasteiger partial charge on any atom is -0.372 e. The summed E-state index contributed by atoms with van der Waals surface area (Å²) in [6, 6.07) is 2.44. The number of carbonyl (C=O) groups is 2. The summed E-state index contributed by atoms with van der Waals surface area (Å²) in [6.07, 6.45) is 13.7. The second-order valence-electron chi connectivity index (χ2n) is 12.5. The van der Waals surface area contributed by atoms with E-state index >= 15 is 4.39 Å². The first-order valence-corrected chi connectivity index (χ1v) is 15.8. The molecule has 218 valence electrons. The van der Waals surface area contributed by atoms with Crippen LogP contribution in [0.2, 0.25) is 10.0 Å². The quantitative estimate of drug-likeness (QED) is 0.246. The molecule has 5 rings (SSSR count). The minimum absolute atomic E-state index is 0.0229. The highest BCUT2D eigenvalue weighted by Crippen LogP contribution is 2.61. The summed E-state index contributed by atoms with van der Waals surface area (Å²) in [7, 11) is 0. The van der Waals surface area contributed by atoms with Crippen molar-refractivity contribution in [2.75, 3.05) is 13.1 Å². The van der Waals surface area contributed by atoms with E-state index in [1.54, 1.807) is 0 Å². The predicted octanol–water partition coefficient (Wildman–Crippen LogP) is 7.35. The van der Waals surface area contributed by atoms with E-state index in [0.717, 1.165) is 76.6 Å². The van der Waals surface area contributed by atoms with Crippen LogP contribution in [0.5, 0.6) is 0 Å². The van der Waals surface area contributed by atoms with Crippen molar-refractivity contribution in [1.82, 2.24) is 15.5 Å². The first kappa shape index (κ1) is 29.4. The molecule has 0 spiro atoms. The Labute approximate surface area is 247 Å². The van der Waals surface area contributed by atoms with Crippen LogP contribution in [0.1, 0.15) is 89.2 Å². The Kier molecular flexibility index (Phi) is 9.16. The third-order valence-corrected chi connectivity index (χ3v) is 11.0. The molecule has 8 heteroatoms. The molecular formula is C32H42Cl2FN3O2. The lowest BCUT2D eigenvalue weighted by Crippen LogP contribution is -2.46. The van der Waals surface area contributed by atoms with Gasteiger partial charge in [0.15, 0.2) is 0 Å². The molecule has 1 atom stereocenters. The van der Waals surface area contributed by atoms with E-state index in [9.17, 15) is 9.59 Å². The molecule has 4 aliphatic rings. The molecule has 3 saturated carbocycles. The van der Waals surface area contributed by atoms with Gasteiger partial charge in [0, 0.05) is 42.2 Å². The molecule has 2 bridgehead atoms. The lowest BCUT2D eigenvalue weighted by molar-refractivity contribution is -0.128. The van der Waals surface area contributed by atoms with E-state index in [1.807, 2.05) is 19.1 Å². The van der Waals surface area contributed by atoms with Gasteiger partial charge in [-0.25, -0.2) is 4.39 Å². The van der Waals surface area contributed by atoms with Gasteiger partial charge in [-0.2, -0.15) is 0 Å². The molecule has 0 radical (unpaired) electrons. The maximum atomic E-state index is 15.2. The Morgan fingerprint density at radius 3 is 2.27 bits per heavy atom. The third kappa shape index (κ3) is 6.09. The van der Waals surface area contributed by atoms with Gasteiger partial charge in [-0.3, -0.25) is 9.59 Å². The highest BCUT2D eigenvalue weighted by atomic mass is 35.5. The van der Waals surface area contributed by atoms with Crippen LogP contribution in [-0.2, 0) is 9.59 Å². The van der Waals surface area contributed by atoms with Crippen molar-refractivity contribution >= 4 is 35.0 Å². The molecule has 1 aromatic rings. The molecule has 0 aromatic heterocycles. The smallest absolute Gasteiger partial charge is 0.223 e. The third-order valence-electron chi connectivity index (χ3n) is 10.1. The number of carbonyl (C=O) groups excluding carboxylic acids is 2. The molecule has 2 amide bonds. The molecule has 1 heterocycles.